The van der Waals surface area contributed by atoms with E-state index >= 15 is 0 Å². The van der Waals surface area contributed by atoms with E-state index in [1.54, 1.807) is 0 Å². The Morgan fingerprint density at radius 3 is 2.28 bits per heavy atom. The van der Waals surface area contributed by atoms with E-state index in [1.165, 1.54) is 18.2 Å². The van der Waals surface area contributed by atoms with Gasteiger partial charge in [0.15, 0.2) is 6.23 Å². The van der Waals surface area contributed by atoms with Gasteiger partial charge in [-0.2, -0.15) is 13.1 Å². The lowest BCUT2D eigenvalue weighted by atomic mass is 10.1. The molecule has 14 nitrogen and oxygen atoms in total. The third-order valence-electron chi connectivity index (χ3n) is 4.93. The minimum absolute atomic E-state index is 0.194. The van der Waals surface area contributed by atoms with Crippen LogP contribution in [-0.2, 0) is 35.2 Å². The van der Waals surface area contributed by atoms with Crippen LogP contribution in [0.15, 0.2) is 50.6 Å². The molecule has 1 aliphatic rings. The van der Waals surface area contributed by atoms with E-state index in [1.807, 2.05) is 0 Å². The number of rotatable bonds is 9. The highest BCUT2D eigenvalue weighted by molar-refractivity contribution is 9.10. The van der Waals surface area contributed by atoms with Crippen LogP contribution < -0.4 is 11.2 Å². The van der Waals surface area contributed by atoms with Crippen molar-refractivity contribution in [3.8, 4) is 0 Å². The lowest BCUT2D eigenvalue weighted by molar-refractivity contribution is -0.0570. The second-order valence-corrected chi connectivity index (χ2v) is 11.2. The summed E-state index contributed by atoms with van der Waals surface area (Å²) < 4.78 is 65.5. The fourth-order valence-electron chi connectivity index (χ4n) is 3.30. The number of phosphoric acid groups is 2. The molecule has 36 heavy (non-hydrogen) atoms. The molecule has 1 aliphatic heterocycles. The minimum Gasteiger partial charge on any atom is -0.387 e. The van der Waals surface area contributed by atoms with Crippen LogP contribution in [0.1, 0.15) is 11.8 Å². The highest BCUT2D eigenvalue weighted by atomic mass is 79.9. The third kappa shape index (κ3) is 6.62. The minimum atomic E-state index is -5.43. The average molecular weight is 623 g/mol. The summed E-state index contributed by atoms with van der Waals surface area (Å²) in [6, 6.07) is 6.38. The predicted molar refractivity (Wildman–Crippen MR) is 118 cm³/mol. The maximum atomic E-state index is 14.8. The summed E-state index contributed by atoms with van der Waals surface area (Å²) >= 11 is 2.85. The maximum absolute atomic E-state index is 14.8. The Morgan fingerprint density at radius 1 is 1.08 bits per heavy atom. The number of hydrogen-bond donors (Lipinski definition) is 5. The van der Waals surface area contributed by atoms with Crippen molar-refractivity contribution in [3.63, 3.8) is 0 Å². The highest BCUT2D eigenvalue weighted by Crippen LogP contribution is 2.57. The number of hydrogen-bond acceptors (Lipinski definition) is 9. The molecule has 1 fully saturated rings. The molecule has 2 unspecified atom stereocenters. The molecule has 19 heteroatoms. The van der Waals surface area contributed by atoms with Gasteiger partial charge in [0, 0.05) is 11.8 Å². The fraction of sp³-hybridized carbons (Fsp3) is 0.412. The maximum Gasteiger partial charge on any atom is 0.481 e. The molecule has 1 saturated heterocycles. The standard InChI is InChI=1S/C17H19BrF2N2O12P2/c18-10-6-21(16(26)22(14(10)25)8-17(19,20)9-4-2-1-3-5-9)15-13(24)12(23)11(33-15)7-32-36(30,31)34-35(27,28)29/h1-6,11-13,15,23-24H,7-8H2,(H,30,31)(H2,27,28,29)/t11-,12?,13+,15-/m1/s1. The first-order chi connectivity index (χ1) is 16.5. The van der Waals surface area contributed by atoms with Gasteiger partial charge in [-0.1, -0.05) is 30.3 Å². The van der Waals surface area contributed by atoms with Gasteiger partial charge in [0.05, 0.1) is 17.6 Å². The summed E-state index contributed by atoms with van der Waals surface area (Å²) in [6.07, 6.45) is -6.41. The zero-order chi connectivity index (χ0) is 27.1. The van der Waals surface area contributed by atoms with E-state index in [0.29, 0.717) is 4.57 Å². The Labute approximate surface area is 208 Å². The molecular formula is C17H19BrF2N2O12P2. The smallest absolute Gasteiger partial charge is 0.387 e. The molecule has 0 aliphatic carbocycles. The number of halogens is 3. The third-order valence-corrected chi connectivity index (χ3v) is 7.63. The first-order valence-electron chi connectivity index (χ1n) is 9.73. The van der Waals surface area contributed by atoms with E-state index in [0.717, 1.165) is 18.3 Å². The van der Waals surface area contributed by atoms with Crippen molar-refractivity contribution in [1.82, 2.24) is 9.13 Å². The Hall–Kier alpha value is -1.62. The molecule has 3 rings (SSSR count). The van der Waals surface area contributed by atoms with Crippen LogP contribution in [0.3, 0.4) is 0 Å². The Morgan fingerprint density at radius 2 is 1.69 bits per heavy atom. The summed E-state index contributed by atoms with van der Waals surface area (Å²) in [4.78, 5) is 52.0. The fourth-order valence-corrected chi connectivity index (χ4v) is 5.34. The molecule has 0 spiro atoms. The lowest BCUT2D eigenvalue weighted by Gasteiger charge is -2.22. The van der Waals surface area contributed by atoms with Gasteiger partial charge in [0.2, 0.25) is 0 Å². The number of aromatic nitrogens is 2. The molecular weight excluding hydrogens is 604 g/mol. The second kappa shape index (κ2) is 10.6. The number of phosphoric ester groups is 1. The molecule has 0 saturated carbocycles. The number of aliphatic hydroxyl groups excluding tert-OH is 2. The van der Waals surface area contributed by atoms with Crippen molar-refractivity contribution in [2.45, 2.75) is 37.0 Å². The molecule has 2 heterocycles. The first-order valence-corrected chi connectivity index (χ1v) is 13.5. The number of ether oxygens (including phenoxy) is 1. The van der Waals surface area contributed by atoms with Crippen LogP contribution in [0.5, 0.6) is 0 Å². The SMILES string of the molecule is O=c1c(Br)cn([C@@H]2O[C@H](COP(=O)(O)OP(=O)(O)O)C(O)[C@@H]2O)c(=O)n1CC(F)(F)c1ccccc1. The van der Waals surface area contributed by atoms with Gasteiger partial charge in [-0.15, -0.1) is 0 Å². The van der Waals surface area contributed by atoms with E-state index < -0.39 is 76.1 Å². The summed E-state index contributed by atoms with van der Waals surface area (Å²) in [5, 5.41) is 20.6. The Kier molecular flexibility index (Phi) is 8.55. The zero-order valence-corrected chi connectivity index (χ0v) is 21.1. The number of alkyl halides is 2. The molecule has 0 radical (unpaired) electrons. The molecule has 5 N–H and O–H groups in total. The Balaban J connectivity index is 1.88. The van der Waals surface area contributed by atoms with E-state index in [-0.39, 0.29) is 9.04 Å². The Bertz CT molecular complexity index is 1320. The summed E-state index contributed by atoms with van der Waals surface area (Å²) in [5.41, 5.74) is -2.93. The lowest BCUT2D eigenvalue weighted by Crippen LogP contribution is -2.46. The first kappa shape index (κ1) is 28.9. The van der Waals surface area contributed by atoms with Crippen LogP contribution in [0, 0.1) is 0 Å². The second-order valence-electron chi connectivity index (χ2n) is 7.51. The summed E-state index contributed by atoms with van der Waals surface area (Å²) in [7, 11) is -10.8. The van der Waals surface area contributed by atoms with E-state index in [2.05, 4.69) is 24.8 Å². The van der Waals surface area contributed by atoms with Gasteiger partial charge in [0.1, 0.15) is 18.3 Å². The monoisotopic (exact) mass is 622 g/mol. The zero-order valence-electron chi connectivity index (χ0n) is 17.7. The van der Waals surface area contributed by atoms with Crippen molar-refractivity contribution in [1.29, 1.82) is 0 Å². The highest BCUT2D eigenvalue weighted by Gasteiger charge is 2.46. The van der Waals surface area contributed by atoms with Crippen molar-refractivity contribution >= 4 is 31.6 Å². The summed E-state index contributed by atoms with van der Waals surface area (Å²) in [6.45, 7) is -2.43. The van der Waals surface area contributed by atoms with Crippen molar-refractivity contribution in [2.75, 3.05) is 6.61 Å². The molecule has 5 atom stereocenters. The summed E-state index contributed by atoms with van der Waals surface area (Å²) in [5.74, 6) is -3.66. The normalized spacial score (nSPS) is 24.6. The molecule has 1 aromatic carbocycles. The number of benzene rings is 1. The van der Waals surface area contributed by atoms with Crippen molar-refractivity contribution in [3.05, 3.63) is 67.4 Å². The number of nitrogens with zero attached hydrogens (tertiary/aromatic N) is 2. The van der Waals surface area contributed by atoms with Crippen LogP contribution >= 0.6 is 31.6 Å². The predicted octanol–water partition coefficient (Wildman–Crippen LogP) is 0.410. The molecule has 1 aromatic heterocycles. The largest absolute Gasteiger partial charge is 0.481 e. The van der Waals surface area contributed by atoms with Gasteiger partial charge in [-0.3, -0.25) is 18.5 Å². The molecule has 2 aromatic rings. The molecule has 0 bridgehead atoms. The van der Waals surface area contributed by atoms with Gasteiger partial charge in [-0.05, 0) is 15.9 Å². The quantitative estimate of drug-likeness (QED) is 0.241. The topological polar surface area (TPSA) is 207 Å². The van der Waals surface area contributed by atoms with E-state index in [4.69, 9.17) is 14.5 Å². The van der Waals surface area contributed by atoms with Crippen LogP contribution in [0.4, 0.5) is 8.78 Å². The van der Waals surface area contributed by atoms with Gasteiger partial charge >= 0.3 is 21.3 Å². The van der Waals surface area contributed by atoms with Crippen molar-refractivity contribution < 1.29 is 56.4 Å². The van der Waals surface area contributed by atoms with Crippen LogP contribution in [-0.4, -0.2) is 58.9 Å². The molecule has 0 amide bonds. The average Bonchev–Trinajstić information content (AvgIpc) is 3.05. The van der Waals surface area contributed by atoms with Crippen LogP contribution in [0.25, 0.3) is 0 Å². The number of aliphatic hydroxyl groups is 2. The molecule has 200 valence electrons. The van der Waals surface area contributed by atoms with Gasteiger partial charge in [-0.25, -0.2) is 13.9 Å². The van der Waals surface area contributed by atoms with Crippen LogP contribution in [0.2, 0.25) is 0 Å². The van der Waals surface area contributed by atoms with E-state index in [9.17, 15) is 42.6 Å². The van der Waals surface area contributed by atoms with Crippen molar-refractivity contribution in [2.24, 2.45) is 0 Å². The van der Waals surface area contributed by atoms with Gasteiger partial charge in [0.25, 0.3) is 11.5 Å². The van der Waals surface area contributed by atoms with Gasteiger partial charge < -0.3 is 29.6 Å².